The summed E-state index contributed by atoms with van der Waals surface area (Å²) in [6.07, 6.45) is 0.830. The fourth-order valence-corrected chi connectivity index (χ4v) is 1.65. The quantitative estimate of drug-likeness (QED) is 0.833. The Morgan fingerprint density at radius 2 is 1.93 bits per heavy atom. The second-order valence-electron chi connectivity index (χ2n) is 3.98. The largest absolute Gasteiger partial charge is 0.396 e. The molecule has 2 nitrogen and oxygen atoms in total. The van der Waals surface area contributed by atoms with Gasteiger partial charge in [0.1, 0.15) is 0 Å². The molecule has 0 aromatic heterocycles. The highest BCUT2D eigenvalue weighted by Crippen LogP contribution is 2.20. The molecule has 1 aromatic carbocycles. The molecule has 0 spiro atoms. The predicted molar refractivity (Wildman–Crippen MR) is 67.1 cm³/mol. The van der Waals surface area contributed by atoms with Gasteiger partial charge in [0.05, 0.1) is 0 Å². The molecule has 0 heterocycles. The van der Waals surface area contributed by atoms with Gasteiger partial charge in [-0.2, -0.15) is 0 Å². The first-order valence-corrected chi connectivity index (χ1v) is 5.73. The third-order valence-corrected chi connectivity index (χ3v) is 3.14. The summed E-state index contributed by atoms with van der Waals surface area (Å²) in [6.45, 7) is 2.65. The standard InChI is InChI=1S/C11H16INO/c1-11(7-13,8-14)6-9-2-4-10(12)5-3-9/h2-5,14H,6-8,13H2,1H3. The summed E-state index contributed by atoms with van der Waals surface area (Å²) in [4.78, 5) is 0. The van der Waals surface area contributed by atoms with Crippen molar-refractivity contribution in [2.24, 2.45) is 11.1 Å². The fourth-order valence-electron chi connectivity index (χ4n) is 1.29. The van der Waals surface area contributed by atoms with E-state index in [1.54, 1.807) is 0 Å². The lowest BCUT2D eigenvalue weighted by Crippen LogP contribution is -2.33. The lowest BCUT2D eigenvalue weighted by atomic mass is 9.85. The maximum atomic E-state index is 9.22. The van der Waals surface area contributed by atoms with Crippen molar-refractivity contribution >= 4 is 22.6 Å². The molecule has 1 unspecified atom stereocenters. The number of benzene rings is 1. The SMILES string of the molecule is CC(CN)(CO)Cc1ccc(I)cc1. The van der Waals surface area contributed by atoms with Gasteiger partial charge < -0.3 is 10.8 Å². The number of aliphatic hydroxyl groups is 1. The summed E-state index contributed by atoms with van der Waals surface area (Å²) in [7, 11) is 0. The lowest BCUT2D eigenvalue weighted by molar-refractivity contribution is 0.149. The van der Waals surface area contributed by atoms with Crippen LogP contribution in [-0.2, 0) is 6.42 Å². The molecule has 0 aliphatic rings. The van der Waals surface area contributed by atoms with Crippen LogP contribution in [0.3, 0.4) is 0 Å². The molecule has 1 aromatic rings. The van der Waals surface area contributed by atoms with Crippen LogP contribution in [0.2, 0.25) is 0 Å². The summed E-state index contributed by atoms with van der Waals surface area (Å²) in [6, 6.07) is 8.32. The van der Waals surface area contributed by atoms with Crippen LogP contribution in [0.1, 0.15) is 12.5 Å². The van der Waals surface area contributed by atoms with Crippen LogP contribution in [-0.4, -0.2) is 18.3 Å². The van der Waals surface area contributed by atoms with Crippen LogP contribution in [0, 0.1) is 8.99 Å². The number of hydrogen-bond acceptors (Lipinski definition) is 2. The molecule has 3 heteroatoms. The van der Waals surface area contributed by atoms with E-state index in [1.807, 2.05) is 6.92 Å². The Bertz CT molecular complexity index is 280. The summed E-state index contributed by atoms with van der Waals surface area (Å²) in [5.41, 5.74) is 6.68. The Balaban J connectivity index is 2.72. The Morgan fingerprint density at radius 3 is 2.36 bits per heavy atom. The normalized spacial score (nSPS) is 15.1. The number of rotatable bonds is 4. The lowest BCUT2D eigenvalue weighted by Gasteiger charge is -2.25. The van der Waals surface area contributed by atoms with Crippen molar-refractivity contribution in [2.75, 3.05) is 13.2 Å². The van der Waals surface area contributed by atoms with Crippen molar-refractivity contribution in [3.05, 3.63) is 33.4 Å². The van der Waals surface area contributed by atoms with E-state index in [4.69, 9.17) is 5.73 Å². The van der Waals surface area contributed by atoms with E-state index in [0.29, 0.717) is 6.54 Å². The van der Waals surface area contributed by atoms with Gasteiger partial charge in [0.2, 0.25) is 0 Å². The summed E-state index contributed by atoms with van der Waals surface area (Å²) in [5, 5.41) is 9.22. The topological polar surface area (TPSA) is 46.2 Å². The van der Waals surface area contributed by atoms with Crippen LogP contribution in [0.5, 0.6) is 0 Å². The number of aliphatic hydroxyl groups excluding tert-OH is 1. The molecule has 14 heavy (non-hydrogen) atoms. The molecule has 0 saturated heterocycles. The highest BCUT2D eigenvalue weighted by molar-refractivity contribution is 14.1. The maximum Gasteiger partial charge on any atom is 0.0500 e. The van der Waals surface area contributed by atoms with Crippen molar-refractivity contribution in [3.63, 3.8) is 0 Å². The van der Waals surface area contributed by atoms with Gasteiger partial charge in [-0.15, -0.1) is 0 Å². The molecular weight excluding hydrogens is 289 g/mol. The summed E-state index contributed by atoms with van der Waals surface area (Å²) < 4.78 is 1.23. The zero-order chi connectivity index (χ0) is 10.6. The Morgan fingerprint density at radius 1 is 1.36 bits per heavy atom. The molecule has 1 atom stereocenters. The fraction of sp³-hybridized carbons (Fsp3) is 0.455. The van der Waals surface area contributed by atoms with Crippen LogP contribution in [0.25, 0.3) is 0 Å². The van der Waals surface area contributed by atoms with Gasteiger partial charge in [0.15, 0.2) is 0 Å². The van der Waals surface area contributed by atoms with Crippen LogP contribution >= 0.6 is 22.6 Å². The van der Waals surface area contributed by atoms with Crippen LogP contribution in [0.4, 0.5) is 0 Å². The van der Waals surface area contributed by atoms with Gasteiger partial charge in [0, 0.05) is 22.1 Å². The Labute approximate surface area is 98.7 Å². The summed E-state index contributed by atoms with van der Waals surface area (Å²) in [5.74, 6) is 0. The van der Waals surface area contributed by atoms with E-state index in [-0.39, 0.29) is 12.0 Å². The molecule has 3 N–H and O–H groups in total. The minimum atomic E-state index is -0.188. The highest BCUT2D eigenvalue weighted by atomic mass is 127. The van der Waals surface area contributed by atoms with Crippen LogP contribution < -0.4 is 5.73 Å². The number of halogens is 1. The molecule has 0 bridgehead atoms. The minimum absolute atomic E-state index is 0.134. The van der Waals surface area contributed by atoms with Crippen molar-refractivity contribution in [1.82, 2.24) is 0 Å². The Kier molecular flexibility index (Phi) is 4.34. The average molecular weight is 305 g/mol. The highest BCUT2D eigenvalue weighted by Gasteiger charge is 2.21. The first-order chi connectivity index (χ1) is 6.59. The monoisotopic (exact) mass is 305 g/mol. The van der Waals surface area contributed by atoms with Gasteiger partial charge in [-0.3, -0.25) is 0 Å². The van der Waals surface area contributed by atoms with E-state index in [2.05, 4.69) is 46.9 Å². The minimum Gasteiger partial charge on any atom is -0.396 e. The molecule has 1 rings (SSSR count). The van der Waals surface area contributed by atoms with Crippen molar-refractivity contribution in [1.29, 1.82) is 0 Å². The predicted octanol–water partition coefficient (Wildman–Crippen LogP) is 1.79. The van der Waals surface area contributed by atoms with Crippen molar-refractivity contribution in [2.45, 2.75) is 13.3 Å². The molecule has 0 aliphatic carbocycles. The molecule has 0 saturated carbocycles. The molecule has 0 aliphatic heterocycles. The first-order valence-electron chi connectivity index (χ1n) is 4.65. The van der Waals surface area contributed by atoms with Gasteiger partial charge >= 0.3 is 0 Å². The summed E-state index contributed by atoms with van der Waals surface area (Å²) >= 11 is 2.28. The maximum absolute atomic E-state index is 9.22. The van der Waals surface area contributed by atoms with Gasteiger partial charge in [-0.1, -0.05) is 19.1 Å². The smallest absolute Gasteiger partial charge is 0.0500 e. The van der Waals surface area contributed by atoms with Gasteiger partial charge in [0.25, 0.3) is 0 Å². The van der Waals surface area contributed by atoms with Gasteiger partial charge in [-0.05, 0) is 46.7 Å². The molecule has 0 fully saturated rings. The zero-order valence-electron chi connectivity index (χ0n) is 8.33. The van der Waals surface area contributed by atoms with E-state index in [1.165, 1.54) is 9.13 Å². The molecule has 78 valence electrons. The second kappa shape index (κ2) is 5.09. The van der Waals surface area contributed by atoms with Crippen LogP contribution in [0.15, 0.2) is 24.3 Å². The van der Waals surface area contributed by atoms with E-state index in [9.17, 15) is 5.11 Å². The van der Waals surface area contributed by atoms with Crippen molar-refractivity contribution in [3.8, 4) is 0 Å². The molecule has 0 radical (unpaired) electrons. The third-order valence-electron chi connectivity index (χ3n) is 2.42. The third kappa shape index (κ3) is 3.22. The first kappa shape index (κ1) is 11.9. The zero-order valence-corrected chi connectivity index (χ0v) is 10.5. The molecule has 0 amide bonds. The second-order valence-corrected chi connectivity index (χ2v) is 5.22. The Hall–Kier alpha value is -0.130. The number of nitrogens with two attached hydrogens (primary N) is 1. The average Bonchev–Trinajstić information content (AvgIpc) is 2.21. The van der Waals surface area contributed by atoms with Crippen molar-refractivity contribution < 1.29 is 5.11 Å². The van der Waals surface area contributed by atoms with E-state index < -0.39 is 0 Å². The molecular formula is C11H16INO. The van der Waals surface area contributed by atoms with E-state index in [0.717, 1.165) is 6.42 Å². The number of hydrogen-bond donors (Lipinski definition) is 2. The van der Waals surface area contributed by atoms with E-state index >= 15 is 0 Å². The van der Waals surface area contributed by atoms with Gasteiger partial charge in [-0.25, -0.2) is 0 Å².